The molecule has 0 radical (unpaired) electrons. The summed E-state index contributed by atoms with van der Waals surface area (Å²) in [6, 6.07) is 12.2. The van der Waals surface area contributed by atoms with Gasteiger partial charge in [-0.25, -0.2) is 4.98 Å². The predicted octanol–water partition coefficient (Wildman–Crippen LogP) is 3.00. The van der Waals surface area contributed by atoms with Crippen LogP contribution in [0.1, 0.15) is 5.56 Å². The molecular weight excluding hydrogens is 314 g/mol. The van der Waals surface area contributed by atoms with Crippen LogP contribution in [0, 0.1) is 6.92 Å². The molecule has 0 aliphatic heterocycles. The van der Waals surface area contributed by atoms with Gasteiger partial charge in [-0.1, -0.05) is 23.7 Å². The summed E-state index contributed by atoms with van der Waals surface area (Å²) in [5.74, 6) is -0.303. The number of nitrogens with zero attached hydrogens (tertiary/aromatic N) is 2. The lowest BCUT2D eigenvalue weighted by molar-refractivity contribution is -0.116. The molecule has 0 aliphatic rings. The van der Waals surface area contributed by atoms with Gasteiger partial charge in [0.2, 0.25) is 5.91 Å². The number of nitrogens with one attached hydrogen (secondary N) is 1. The van der Waals surface area contributed by atoms with Crippen molar-refractivity contribution in [1.82, 2.24) is 9.55 Å². The number of anilines is 1. The Morgan fingerprint density at radius 2 is 1.96 bits per heavy atom. The Kier molecular flexibility index (Phi) is 4.12. The van der Waals surface area contributed by atoms with Gasteiger partial charge in [-0.05, 0) is 42.8 Å². The van der Waals surface area contributed by atoms with Crippen molar-refractivity contribution >= 4 is 34.1 Å². The van der Waals surface area contributed by atoms with Crippen LogP contribution in [0.2, 0.25) is 5.02 Å². The minimum absolute atomic E-state index is 0.0989. The van der Waals surface area contributed by atoms with Gasteiger partial charge in [-0.2, -0.15) is 0 Å². The zero-order valence-corrected chi connectivity index (χ0v) is 13.2. The van der Waals surface area contributed by atoms with E-state index in [-0.39, 0.29) is 18.0 Å². The van der Waals surface area contributed by atoms with Gasteiger partial charge in [0.1, 0.15) is 6.54 Å². The molecule has 0 saturated heterocycles. The average molecular weight is 328 g/mol. The first-order valence-electron chi connectivity index (χ1n) is 7.05. The number of amides is 1. The van der Waals surface area contributed by atoms with Crippen LogP contribution in [0.15, 0.2) is 53.6 Å². The SMILES string of the molecule is Cc1cccc2c(=O)n(CC(=O)Nc3ccc(Cl)cc3)cnc12. The third-order valence-electron chi connectivity index (χ3n) is 3.50. The Morgan fingerprint density at radius 3 is 2.70 bits per heavy atom. The molecule has 0 atom stereocenters. The van der Waals surface area contributed by atoms with Crippen molar-refractivity contribution in [1.29, 1.82) is 0 Å². The highest BCUT2D eigenvalue weighted by Crippen LogP contribution is 2.14. The van der Waals surface area contributed by atoms with E-state index in [4.69, 9.17) is 11.6 Å². The highest BCUT2D eigenvalue weighted by Gasteiger charge is 2.09. The zero-order chi connectivity index (χ0) is 16.4. The van der Waals surface area contributed by atoms with Crippen LogP contribution in [-0.4, -0.2) is 15.5 Å². The largest absolute Gasteiger partial charge is 0.325 e. The normalized spacial score (nSPS) is 10.7. The van der Waals surface area contributed by atoms with Crippen LogP contribution in [0.4, 0.5) is 5.69 Å². The van der Waals surface area contributed by atoms with Gasteiger partial charge in [-0.15, -0.1) is 0 Å². The number of rotatable bonds is 3. The third kappa shape index (κ3) is 3.24. The number of carbonyl (C=O) groups is 1. The van der Waals surface area contributed by atoms with Gasteiger partial charge in [0.05, 0.1) is 17.2 Å². The smallest absolute Gasteiger partial charge is 0.261 e. The number of aryl methyl sites for hydroxylation is 1. The summed E-state index contributed by atoms with van der Waals surface area (Å²) >= 11 is 5.80. The molecule has 0 unspecified atom stereocenters. The molecule has 6 heteroatoms. The second-order valence-electron chi connectivity index (χ2n) is 5.20. The number of fused-ring (bicyclic) bond motifs is 1. The molecule has 3 aromatic rings. The Morgan fingerprint density at radius 1 is 1.22 bits per heavy atom. The standard InChI is InChI=1S/C17H14ClN3O2/c1-11-3-2-4-14-16(11)19-10-21(17(14)23)9-15(22)20-13-7-5-12(18)6-8-13/h2-8,10H,9H2,1H3,(H,20,22). The average Bonchev–Trinajstić information content (AvgIpc) is 2.53. The highest BCUT2D eigenvalue weighted by molar-refractivity contribution is 6.30. The molecule has 0 fully saturated rings. The summed E-state index contributed by atoms with van der Waals surface area (Å²) in [7, 11) is 0. The lowest BCUT2D eigenvalue weighted by Crippen LogP contribution is -2.28. The van der Waals surface area contributed by atoms with Crippen LogP contribution in [0.5, 0.6) is 0 Å². The second-order valence-corrected chi connectivity index (χ2v) is 5.64. The lowest BCUT2D eigenvalue weighted by atomic mass is 10.1. The van der Waals surface area contributed by atoms with Crippen LogP contribution in [0.25, 0.3) is 10.9 Å². The Balaban J connectivity index is 1.84. The number of hydrogen-bond donors (Lipinski definition) is 1. The predicted molar refractivity (Wildman–Crippen MR) is 90.8 cm³/mol. The second kappa shape index (κ2) is 6.22. The van der Waals surface area contributed by atoms with Crippen molar-refractivity contribution in [3.8, 4) is 0 Å². The summed E-state index contributed by atoms with van der Waals surface area (Å²) in [6.45, 7) is 1.80. The maximum Gasteiger partial charge on any atom is 0.261 e. The molecule has 2 aromatic carbocycles. The number of benzene rings is 2. The molecular formula is C17H14ClN3O2. The molecule has 3 rings (SSSR count). The first-order chi connectivity index (χ1) is 11.0. The number of hydrogen-bond acceptors (Lipinski definition) is 3. The fourth-order valence-corrected chi connectivity index (χ4v) is 2.46. The van der Waals surface area contributed by atoms with Gasteiger partial charge in [0.15, 0.2) is 0 Å². The first kappa shape index (κ1) is 15.2. The van der Waals surface area contributed by atoms with Crippen molar-refractivity contribution < 1.29 is 4.79 Å². The molecule has 1 heterocycles. The number of aromatic nitrogens is 2. The van der Waals surface area contributed by atoms with Crippen LogP contribution in [0.3, 0.4) is 0 Å². The Bertz CT molecular complexity index is 933. The quantitative estimate of drug-likeness (QED) is 0.804. The van der Waals surface area contributed by atoms with E-state index in [1.54, 1.807) is 36.4 Å². The number of para-hydroxylation sites is 1. The van der Waals surface area contributed by atoms with Gasteiger partial charge in [0.25, 0.3) is 5.56 Å². The van der Waals surface area contributed by atoms with E-state index in [1.807, 2.05) is 13.0 Å². The topological polar surface area (TPSA) is 64.0 Å². The molecule has 1 N–H and O–H groups in total. The minimum Gasteiger partial charge on any atom is -0.325 e. The monoisotopic (exact) mass is 327 g/mol. The van der Waals surface area contributed by atoms with E-state index >= 15 is 0 Å². The summed E-state index contributed by atoms with van der Waals surface area (Å²) in [5, 5.41) is 3.82. The Labute approximate surface area is 137 Å². The van der Waals surface area contributed by atoms with Crippen LogP contribution in [-0.2, 0) is 11.3 Å². The van der Waals surface area contributed by atoms with Crippen LogP contribution < -0.4 is 10.9 Å². The van der Waals surface area contributed by atoms with E-state index in [9.17, 15) is 9.59 Å². The molecule has 116 valence electrons. The molecule has 0 saturated carbocycles. The van der Waals surface area contributed by atoms with Gasteiger partial charge in [0, 0.05) is 10.7 Å². The van der Waals surface area contributed by atoms with E-state index in [1.165, 1.54) is 10.9 Å². The zero-order valence-electron chi connectivity index (χ0n) is 12.4. The molecule has 0 aliphatic carbocycles. The van der Waals surface area contributed by atoms with Crippen molar-refractivity contribution in [3.63, 3.8) is 0 Å². The van der Waals surface area contributed by atoms with Crippen molar-refractivity contribution in [2.75, 3.05) is 5.32 Å². The van der Waals surface area contributed by atoms with E-state index < -0.39 is 0 Å². The van der Waals surface area contributed by atoms with Gasteiger partial charge >= 0.3 is 0 Å². The fraction of sp³-hybridized carbons (Fsp3) is 0.118. The Hall–Kier alpha value is -2.66. The number of carbonyl (C=O) groups excluding carboxylic acids is 1. The summed E-state index contributed by atoms with van der Waals surface area (Å²) < 4.78 is 1.30. The van der Waals surface area contributed by atoms with Gasteiger partial charge in [-0.3, -0.25) is 14.2 Å². The van der Waals surface area contributed by atoms with Crippen molar-refractivity contribution in [2.45, 2.75) is 13.5 Å². The molecule has 0 bridgehead atoms. The number of halogens is 1. The first-order valence-corrected chi connectivity index (χ1v) is 7.42. The van der Waals surface area contributed by atoms with E-state index in [2.05, 4.69) is 10.3 Å². The molecule has 0 spiro atoms. The molecule has 1 aromatic heterocycles. The summed E-state index contributed by atoms with van der Waals surface area (Å²) in [4.78, 5) is 28.8. The minimum atomic E-state index is -0.303. The third-order valence-corrected chi connectivity index (χ3v) is 3.75. The summed E-state index contributed by atoms with van der Waals surface area (Å²) in [6.07, 6.45) is 1.40. The molecule has 5 nitrogen and oxygen atoms in total. The maximum absolute atomic E-state index is 12.4. The van der Waals surface area contributed by atoms with Crippen molar-refractivity contribution in [3.05, 3.63) is 69.7 Å². The van der Waals surface area contributed by atoms with E-state index in [0.717, 1.165) is 5.56 Å². The molecule has 1 amide bonds. The van der Waals surface area contributed by atoms with E-state index in [0.29, 0.717) is 21.6 Å². The van der Waals surface area contributed by atoms with Crippen LogP contribution >= 0.6 is 11.6 Å². The fourth-order valence-electron chi connectivity index (χ4n) is 2.34. The highest BCUT2D eigenvalue weighted by atomic mass is 35.5. The maximum atomic E-state index is 12.4. The molecule has 23 heavy (non-hydrogen) atoms. The van der Waals surface area contributed by atoms with Gasteiger partial charge < -0.3 is 5.32 Å². The lowest BCUT2D eigenvalue weighted by Gasteiger charge is -2.08. The van der Waals surface area contributed by atoms with Crippen molar-refractivity contribution in [2.24, 2.45) is 0 Å². The summed E-state index contributed by atoms with van der Waals surface area (Å²) in [5.41, 5.74) is 1.98.